The first kappa shape index (κ1) is 22.5. The van der Waals surface area contributed by atoms with Crippen LogP contribution in [-0.2, 0) is 14.8 Å². The van der Waals surface area contributed by atoms with Crippen LogP contribution in [0.2, 0.25) is 0 Å². The summed E-state index contributed by atoms with van der Waals surface area (Å²) in [6, 6.07) is 5.57. The van der Waals surface area contributed by atoms with Crippen LogP contribution in [0.5, 0.6) is 0 Å². The number of hydrogen-bond donors (Lipinski definition) is 2. The van der Waals surface area contributed by atoms with Crippen molar-refractivity contribution in [2.75, 3.05) is 5.73 Å². The van der Waals surface area contributed by atoms with E-state index in [1.54, 1.807) is 0 Å². The van der Waals surface area contributed by atoms with Gasteiger partial charge in [0.05, 0.1) is 4.90 Å². The number of rotatable bonds is 2. The van der Waals surface area contributed by atoms with Crippen LogP contribution in [0.4, 0.5) is 5.69 Å². The van der Waals surface area contributed by atoms with Gasteiger partial charge in [-0.15, -0.1) is 0 Å². The Kier molecular flexibility index (Phi) is 12.3. The van der Waals surface area contributed by atoms with E-state index in [0.29, 0.717) is 5.69 Å². The summed E-state index contributed by atoms with van der Waals surface area (Å²) in [6.07, 6.45) is 0. The molecule has 0 saturated heterocycles. The second-order valence-corrected chi connectivity index (χ2v) is 4.41. The van der Waals surface area contributed by atoms with E-state index in [2.05, 4.69) is 0 Å². The molecule has 17 heavy (non-hydrogen) atoms. The summed E-state index contributed by atoms with van der Waals surface area (Å²) in [5, 5.41) is 0. The Bertz CT molecular complexity index is 456. The van der Waals surface area contributed by atoms with Crippen molar-refractivity contribution in [2.45, 2.75) is 11.8 Å². The van der Waals surface area contributed by atoms with Crippen LogP contribution in [0.15, 0.2) is 29.2 Å². The van der Waals surface area contributed by atoms with Crippen molar-refractivity contribution in [1.82, 2.24) is 4.72 Å². The van der Waals surface area contributed by atoms with Gasteiger partial charge in [-0.05, 0) is 24.3 Å². The van der Waals surface area contributed by atoms with E-state index in [1.807, 2.05) is 4.72 Å². The monoisotopic (exact) mass is 354 g/mol. The second-order valence-electron chi connectivity index (χ2n) is 2.73. The van der Waals surface area contributed by atoms with Crippen molar-refractivity contribution in [3.05, 3.63) is 24.3 Å². The molecule has 0 fully saturated rings. The summed E-state index contributed by atoms with van der Waals surface area (Å²) >= 11 is 0. The average molecular weight is 353 g/mol. The number of nitrogens with one attached hydrogen (secondary N) is 1. The fourth-order valence-electron chi connectivity index (χ4n) is 0.895. The number of amides is 1. The summed E-state index contributed by atoms with van der Waals surface area (Å²) in [6.45, 7) is 1.13. The van der Waals surface area contributed by atoms with Gasteiger partial charge >= 0.3 is 46.6 Å². The van der Waals surface area contributed by atoms with Gasteiger partial charge in [-0.25, -0.2) is 13.1 Å². The first-order valence-corrected chi connectivity index (χ1v) is 5.29. The Hall–Kier alpha value is 0.309. The molecule has 0 bridgehead atoms. The maximum absolute atomic E-state index is 11.4. The molecule has 0 heterocycles. The Labute approximate surface area is 142 Å². The maximum atomic E-state index is 11.4. The first-order valence-electron chi connectivity index (χ1n) is 3.81. The van der Waals surface area contributed by atoms with E-state index in [0.717, 1.165) is 6.92 Å². The van der Waals surface area contributed by atoms with Gasteiger partial charge in [0.1, 0.15) is 0 Å². The fraction of sp³-hybridized carbons (Fsp3) is 0.125. The molecule has 3 N–H and O–H groups in total. The van der Waals surface area contributed by atoms with Gasteiger partial charge in [0.2, 0.25) is 5.91 Å². The number of nitrogen functional groups attached to an aromatic ring is 1. The van der Waals surface area contributed by atoms with Crippen molar-refractivity contribution in [3.63, 3.8) is 0 Å². The number of carbonyl (C=O) groups excluding carboxylic acids is 1. The third-order valence-electron chi connectivity index (χ3n) is 1.47. The standard InChI is InChI=1S/C8H10N2O3S.Na.H2S.H2Se.H/c1-6(11)10-14(12,13)8-4-2-7(9)3-5-8;;;;/h2-5H,9H2,1H3,(H,10,11);;2*1H2;/q;+1;;;-1. The van der Waals surface area contributed by atoms with Crippen LogP contribution in [0.1, 0.15) is 8.35 Å². The number of hydrogen-bond acceptors (Lipinski definition) is 4. The number of nitrogens with two attached hydrogens (primary N) is 1. The molecule has 0 saturated carbocycles. The van der Waals surface area contributed by atoms with Gasteiger partial charge in [-0.1, -0.05) is 0 Å². The zero-order chi connectivity index (χ0) is 10.8. The van der Waals surface area contributed by atoms with Gasteiger partial charge in [0, 0.05) is 12.6 Å². The van der Waals surface area contributed by atoms with Crippen LogP contribution in [0, 0.1) is 0 Å². The summed E-state index contributed by atoms with van der Waals surface area (Å²) in [5.74, 6) is -0.623. The molecule has 1 aromatic rings. The van der Waals surface area contributed by atoms with E-state index < -0.39 is 15.9 Å². The molecule has 0 aliphatic heterocycles. The zero-order valence-electron chi connectivity index (χ0n) is 10.5. The van der Waals surface area contributed by atoms with Gasteiger partial charge in [0.15, 0.2) is 0 Å². The summed E-state index contributed by atoms with van der Waals surface area (Å²) in [7, 11) is -3.73. The molecule has 1 aromatic carbocycles. The zero-order valence-corrected chi connectivity index (χ0v) is 15.4. The SMILES string of the molecule is CC(=O)NS(=O)(=O)c1ccc(N)cc1.S.[H-].[Na+].[SeH2]. The molecule has 0 spiro atoms. The van der Waals surface area contributed by atoms with Gasteiger partial charge in [-0.2, -0.15) is 13.5 Å². The number of carbonyl (C=O) groups is 1. The van der Waals surface area contributed by atoms with Crippen molar-refractivity contribution in [1.29, 1.82) is 0 Å². The summed E-state index contributed by atoms with van der Waals surface area (Å²) in [5.41, 5.74) is 5.85. The Morgan fingerprint density at radius 3 is 2.06 bits per heavy atom. The van der Waals surface area contributed by atoms with Crippen molar-refractivity contribution >= 4 is 52.2 Å². The van der Waals surface area contributed by atoms with Crippen molar-refractivity contribution in [2.24, 2.45) is 0 Å². The van der Waals surface area contributed by atoms with Gasteiger partial charge in [-0.3, -0.25) is 4.79 Å². The normalized spacial score (nSPS) is 9.00. The molecule has 94 valence electrons. The number of benzene rings is 1. The van der Waals surface area contributed by atoms with Gasteiger partial charge < -0.3 is 7.16 Å². The first-order chi connectivity index (χ1) is 6.42. The van der Waals surface area contributed by atoms with Crippen LogP contribution < -0.4 is 40.0 Å². The third kappa shape index (κ3) is 7.35. The average Bonchev–Trinajstić information content (AvgIpc) is 2.02. The molecule has 0 aromatic heterocycles. The number of anilines is 1. The molecule has 5 nitrogen and oxygen atoms in total. The fourth-order valence-corrected chi connectivity index (χ4v) is 1.89. The minimum atomic E-state index is -3.73. The Morgan fingerprint density at radius 2 is 1.71 bits per heavy atom. The van der Waals surface area contributed by atoms with Crippen molar-refractivity contribution in [3.8, 4) is 0 Å². The third-order valence-corrected chi connectivity index (χ3v) is 2.92. The van der Waals surface area contributed by atoms with Gasteiger partial charge in [0.25, 0.3) is 10.0 Å². The summed E-state index contributed by atoms with van der Waals surface area (Å²) < 4.78 is 24.6. The van der Waals surface area contributed by atoms with E-state index in [4.69, 9.17) is 5.73 Å². The molecular weight excluding hydrogens is 338 g/mol. The molecule has 0 radical (unpaired) electrons. The Morgan fingerprint density at radius 1 is 1.29 bits per heavy atom. The molecule has 0 aliphatic rings. The molecule has 9 heteroatoms. The van der Waals surface area contributed by atoms with Crippen LogP contribution in [0.3, 0.4) is 0 Å². The van der Waals surface area contributed by atoms with E-state index in [1.165, 1.54) is 24.3 Å². The van der Waals surface area contributed by atoms with E-state index in [9.17, 15) is 13.2 Å². The van der Waals surface area contributed by atoms with Crippen LogP contribution >= 0.6 is 13.5 Å². The quantitative estimate of drug-likeness (QED) is 0.425. The van der Waals surface area contributed by atoms with Crippen LogP contribution in [-0.4, -0.2) is 31.4 Å². The van der Waals surface area contributed by atoms with E-state index >= 15 is 0 Å². The predicted molar refractivity (Wildman–Crippen MR) is 71.9 cm³/mol. The number of sulfonamides is 1. The van der Waals surface area contributed by atoms with Crippen LogP contribution in [0.25, 0.3) is 0 Å². The predicted octanol–water partition coefficient (Wildman–Crippen LogP) is -3.59. The molecule has 1 amide bonds. The molecule has 0 aliphatic carbocycles. The Balaban J connectivity index is -0.000000245. The molecular formula is C8H15N2NaO3S2Se. The molecule has 0 unspecified atom stereocenters. The molecule has 1 rings (SSSR count). The molecule has 0 atom stereocenters. The summed E-state index contributed by atoms with van der Waals surface area (Å²) in [4.78, 5) is 10.6. The minimum absolute atomic E-state index is 0. The second kappa shape index (κ2) is 9.27. The van der Waals surface area contributed by atoms with Crippen molar-refractivity contribution < 1.29 is 44.2 Å². The topological polar surface area (TPSA) is 89.3 Å². The van der Waals surface area contributed by atoms with E-state index in [-0.39, 0.29) is 66.4 Å².